The molecule has 0 aromatic heterocycles. The Morgan fingerprint density at radius 3 is 2.88 bits per heavy atom. The van der Waals surface area contributed by atoms with Crippen LogP contribution in [-0.4, -0.2) is 49.1 Å². The highest BCUT2D eigenvalue weighted by molar-refractivity contribution is 9.10. The van der Waals surface area contributed by atoms with Gasteiger partial charge in [-0.05, 0) is 40.5 Å². The SMILES string of the molecule is CN(C(=O)CCNC(=O)c1cc(F)ccc1Br)[C@@H]1[C@H]2CCO[C@@H]2C1(C)C. The van der Waals surface area contributed by atoms with Crippen LogP contribution in [0.2, 0.25) is 0 Å². The normalized spacial score (nSPS) is 26.0. The zero-order valence-electron chi connectivity index (χ0n) is 15.2. The molecular weight excluding hydrogens is 403 g/mol. The van der Waals surface area contributed by atoms with E-state index in [9.17, 15) is 14.0 Å². The smallest absolute Gasteiger partial charge is 0.252 e. The molecule has 0 radical (unpaired) electrons. The van der Waals surface area contributed by atoms with Crippen LogP contribution in [0.1, 0.15) is 37.0 Å². The second-order valence-electron chi connectivity index (χ2n) is 7.64. The molecule has 1 aliphatic heterocycles. The fourth-order valence-electron chi connectivity index (χ4n) is 4.47. The lowest BCUT2D eigenvalue weighted by Crippen LogP contribution is -2.67. The van der Waals surface area contributed by atoms with Gasteiger partial charge in [0.25, 0.3) is 5.91 Å². The Kier molecular flexibility index (Phi) is 5.40. The van der Waals surface area contributed by atoms with Crippen molar-refractivity contribution in [2.45, 2.75) is 38.8 Å². The molecule has 1 saturated carbocycles. The molecule has 26 heavy (non-hydrogen) atoms. The zero-order valence-corrected chi connectivity index (χ0v) is 16.8. The Hall–Kier alpha value is -1.47. The van der Waals surface area contributed by atoms with Crippen LogP contribution in [0.3, 0.4) is 0 Å². The van der Waals surface area contributed by atoms with Gasteiger partial charge in [-0.15, -0.1) is 0 Å². The third kappa shape index (κ3) is 3.39. The molecule has 1 heterocycles. The van der Waals surface area contributed by atoms with Gasteiger partial charge in [-0.25, -0.2) is 4.39 Å². The molecule has 3 atom stereocenters. The summed E-state index contributed by atoms with van der Waals surface area (Å²) in [5.41, 5.74) is 0.165. The molecule has 0 unspecified atom stereocenters. The van der Waals surface area contributed by atoms with Crippen LogP contribution in [0.15, 0.2) is 22.7 Å². The topological polar surface area (TPSA) is 58.6 Å². The van der Waals surface area contributed by atoms with E-state index in [2.05, 4.69) is 35.1 Å². The highest BCUT2D eigenvalue weighted by Crippen LogP contribution is 2.54. The van der Waals surface area contributed by atoms with E-state index in [4.69, 9.17) is 4.74 Å². The maximum atomic E-state index is 13.3. The van der Waals surface area contributed by atoms with E-state index >= 15 is 0 Å². The van der Waals surface area contributed by atoms with Crippen molar-refractivity contribution in [1.29, 1.82) is 0 Å². The fourth-order valence-corrected chi connectivity index (χ4v) is 4.89. The molecule has 2 fully saturated rings. The Morgan fingerprint density at radius 1 is 1.42 bits per heavy atom. The van der Waals surface area contributed by atoms with Crippen LogP contribution >= 0.6 is 15.9 Å². The van der Waals surface area contributed by atoms with E-state index in [1.807, 2.05) is 7.05 Å². The van der Waals surface area contributed by atoms with Gasteiger partial charge in [-0.2, -0.15) is 0 Å². The number of halogens is 2. The van der Waals surface area contributed by atoms with Crippen LogP contribution in [0, 0.1) is 17.2 Å². The molecule has 0 spiro atoms. The minimum atomic E-state index is -0.477. The van der Waals surface area contributed by atoms with Crippen molar-refractivity contribution in [2.24, 2.45) is 11.3 Å². The molecule has 1 aliphatic carbocycles. The third-order valence-electron chi connectivity index (χ3n) is 5.65. The van der Waals surface area contributed by atoms with Crippen molar-refractivity contribution in [1.82, 2.24) is 10.2 Å². The summed E-state index contributed by atoms with van der Waals surface area (Å²) in [7, 11) is 1.83. The summed E-state index contributed by atoms with van der Waals surface area (Å²) in [4.78, 5) is 26.5. The van der Waals surface area contributed by atoms with Crippen molar-refractivity contribution in [2.75, 3.05) is 20.2 Å². The molecule has 0 bridgehead atoms. The predicted octanol–water partition coefficient (Wildman–Crippen LogP) is 2.98. The number of carbonyl (C=O) groups excluding carboxylic acids is 2. The summed E-state index contributed by atoms with van der Waals surface area (Å²) < 4.78 is 19.6. The molecule has 2 amide bonds. The van der Waals surface area contributed by atoms with Gasteiger partial charge in [-0.1, -0.05) is 13.8 Å². The Morgan fingerprint density at radius 2 is 2.15 bits per heavy atom. The maximum absolute atomic E-state index is 13.3. The summed E-state index contributed by atoms with van der Waals surface area (Å²) in [6.07, 6.45) is 1.42. The highest BCUT2D eigenvalue weighted by Gasteiger charge is 2.61. The first-order valence-electron chi connectivity index (χ1n) is 8.84. The number of benzene rings is 1. The van der Waals surface area contributed by atoms with Gasteiger partial charge in [0.05, 0.1) is 11.7 Å². The minimum absolute atomic E-state index is 0.00738. The quantitative estimate of drug-likeness (QED) is 0.786. The monoisotopic (exact) mass is 426 g/mol. The average molecular weight is 427 g/mol. The van der Waals surface area contributed by atoms with Crippen LogP contribution in [0.5, 0.6) is 0 Å². The molecule has 5 nitrogen and oxygen atoms in total. The van der Waals surface area contributed by atoms with Crippen molar-refractivity contribution < 1.29 is 18.7 Å². The van der Waals surface area contributed by atoms with E-state index in [0.717, 1.165) is 13.0 Å². The number of fused-ring (bicyclic) bond motifs is 1. The summed E-state index contributed by atoms with van der Waals surface area (Å²) in [6.45, 7) is 5.24. The number of hydrogen-bond acceptors (Lipinski definition) is 3. The third-order valence-corrected chi connectivity index (χ3v) is 6.34. The molecule has 7 heteroatoms. The van der Waals surface area contributed by atoms with E-state index in [0.29, 0.717) is 10.4 Å². The molecule has 1 N–H and O–H groups in total. The molecule has 1 saturated heterocycles. The van der Waals surface area contributed by atoms with Crippen molar-refractivity contribution >= 4 is 27.7 Å². The fraction of sp³-hybridized carbons (Fsp3) is 0.579. The number of rotatable bonds is 5. The summed E-state index contributed by atoms with van der Waals surface area (Å²) in [6, 6.07) is 4.10. The second-order valence-corrected chi connectivity index (χ2v) is 8.50. The molecule has 1 aromatic carbocycles. The van der Waals surface area contributed by atoms with Crippen molar-refractivity contribution in [3.05, 3.63) is 34.1 Å². The Balaban J connectivity index is 1.53. The second kappa shape index (κ2) is 7.27. The lowest BCUT2D eigenvalue weighted by atomic mass is 9.57. The lowest BCUT2D eigenvalue weighted by molar-refractivity contribution is -0.167. The van der Waals surface area contributed by atoms with Gasteiger partial charge in [0.15, 0.2) is 0 Å². The lowest BCUT2D eigenvalue weighted by Gasteiger charge is -2.57. The summed E-state index contributed by atoms with van der Waals surface area (Å²) in [5.74, 6) is -0.487. The van der Waals surface area contributed by atoms with Crippen molar-refractivity contribution in [3.63, 3.8) is 0 Å². The molecule has 2 aliphatic rings. The van der Waals surface area contributed by atoms with Gasteiger partial charge in [-0.3, -0.25) is 9.59 Å². The van der Waals surface area contributed by atoms with Gasteiger partial charge < -0.3 is 15.0 Å². The van der Waals surface area contributed by atoms with Crippen LogP contribution in [0.25, 0.3) is 0 Å². The molecule has 3 rings (SSSR count). The zero-order chi connectivity index (χ0) is 19.1. The van der Waals surface area contributed by atoms with Gasteiger partial charge in [0.1, 0.15) is 5.82 Å². The van der Waals surface area contributed by atoms with E-state index in [-0.39, 0.29) is 42.0 Å². The largest absolute Gasteiger partial charge is 0.377 e. The molecular formula is C19H24BrFN2O3. The standard InChI is InChI=1S/C19H24BrFN2O3/c1-19(2)16(12-7-9-26-17(12)19)23(3)15(24)6-8-22-18(25)13-10-11(21)4-5-14(13)20/h4-5,10,12,16-17H,6-9H2,1-3H3,(H,22,25)/t12-,16-,17+/m1/s1. The number of ether oxygens (including phenoxy) is 1. The van der Waals surface area contributed by atoms with E-state index < -0.39 is 11.7 Å². The first-order valence-corrected chi connectivity index (χ1v) is 9.63. The maximum Gasteiger partial charge on any atom is 0.252 e. The van der Waals surface area contributed by atoms with Gasteiger partial charge in [0, 0.05) is 48.5 Å². The number of nitrogens with one attached hydrogen (secondary N) is 1. The van der Waals surface area contributed by atoms with E-state index in [1.165, 1.54) is 18.2 Å². The number of amides is 2. The Labute approximate surface area is 161 Å². The van der Waals surface area contributed by atoms with Crippen molar-refractivity contribution in [3.8, 4) is 0 Å². The Bertz CT molecular complexity index is 725. The number of nitrogens with zero attached hydrogens (tertiary/aromatic N) is 1. The van der Waals surface area contributed by atoms with Crippen LogP contribution in [-0.2, 0) is 9.53 Å². The van der Waals surface area contributed by atoms with E-state index in [1.54, 1.807) is 4.90 Å². The van der Waals surface area contributed by atoms with Crippen LogP contribution in [0.4, 0.5) is 4.39 Å². The summed E-state index contributed by atoms with van der Waals surface area (Å²) >= 11 is 3.24. The average Bonchev–Trinajstić information content (AvgIpc) is 3.03. The highest BCUT2D eigenvalue weighted by atomic mass is 79.9. The summed E-state index contributed by atoms with van der Waals surface area (Å²) in [5, 5.41) is 2.69. The first-order chi connectivity index (χ1) is 12.2. The van der Waals surface area contributed by atoms with Gasteiger partial charge >= 0.3 is 0 Å². The number of carbonyl (C=O) groups is 2. The molecule has 1 aromatic rings. The predicted molar refractivity (Wildman–Crippen MR) is 99.2 cm³/mol. The number of hydrogen-bond donors (Lipinski definition) is 1. The minimum Gasteiger partial charge on any atom is -0.377 e. The van der Waals surface area contributed by atoms with Gasteiger partial charge in [0.2, 0.25) is 5.91 Å². The van der Waals surface area contributed by atoms with Crippen LogP contribution < -0.4 is 5.32 Å². The molecule has 142 valence electrons. The first kappa shape index (κ1) is 19.3.